The minimum atomic E-state index is -0.428. The van der Waals surface area contributed by atoms with E-state index in [0.29, 0.717) is 34.1 Å². The molecule has 0 fully saturated rings. The largest absolute Gasteiger partial charge is 0.497 e. The zero-order chi connectivity index (χ0) is 22.1. The maximum absolute atomic E-state index is 12.8. The third kappa shape index (κ3) is 4.43. The zero-order valence-electron chi connectivity index (χ0n) is 18.0. The predicted molar refractivity (Wildman–Crippen MR) is 127 cm³/mol. The molecule has 2 unspecified atom stereocenters. The average Bonchev–Trinajstić information content (AvgIpc) is 3.11. The summed E-state index contributed by atoms with van der Waals surface area (Å²) in [6, 6.07) is 5.26. The van der Waals surface area contributed by atoms with Crippen LogP contribution in [-0.4, -0.2) is 35.3 Å². The lowest BCUT2D eigenvalue weighted by atomic mass is 9.89. The van der Waals surface area contributed by atoms with Crippen LogP contribution in [0.5, 0.6) is 11.5 Å². The summed E-state index contributed by atoms with van der Waals surface area (Å²) < 4.78 is 10.6. The van der Waals surface area contributed by atoms with Gasteiger partial charge in [0.1, 0.15) is 22.1 Å². The molecule has 0 saturated heterocycles. The van der Waals surface area contributed by atoms with Gasteiger partial charge in [0, 0.05) is 10.9 Å². The standard InChI is InChI=1S/C22H26N4O3S2/c1-11-5-7-14-17(9-11)31-21-18(14)19(23)25-22(26-21)30-12(2)20(27)24-15-10-13(28-3)6-8-16(15)29-4/h6,8,10-12H,5,7,9H2,1-4H3,(H,24,27)(H2,23,25,26). The molecule has 1 aromatic carbocycles. The van der Waals surface area contributed by atoms with Crippen LogP contribution in [0.2, 0.25) is 0 Å². The molecular weight excluding hydrogens is 432 g/mol. The van der Waals surface area contributed by atoms with Crippen molar-refractivity contribution in [3.63, 3.8) is 0 Å². The van der Waals surface area contributed by atoms with E-state index in [4.69, 9.17) is 20.2 Å². The lowest BCUT2D eigenvalue weighted by molar-refractivity contribution is -0.115. The molecule has 3 aromatic rings. The molecule has 4 rings (SSSR count). The van der Waals surface area contributed by atoms with Gasteiger partial charge in [0.15, 0.2) is 5.16 Å². The van der Waals surface area contributed by atoms with Crippen molar-refractivity contribution < 1.29 is 14.3 Å². The van der Waals surface area contributed by atoms with Crippen LogP contribution in [0.15, 0.2) is 23.4 Å². The van der Waals surface area contributed by atoms with Crippen molar-refractivity contribution in [3.05, 3.63) is 28.6 Å². The first-order valence-electron chi connectivity index (χ1n) is 10.2. The Bertz CT molecular complexity index is 1130. The summed E-state index contributed by atoms with van der Waals surface area (Å²) >= 11 is 2.99. The summed E-state index contributed by atoms with van der Waals surface area (Å²) in [6.45, 7) is 4.10. The third-order valence-electron chi connectivity index (χ3n) is 5.48. The minimum absolute atomic E-state index is 0.182. The van der Waals surface area contributed by atoms with Gasteiger partial charge in [-0.1, -0.05) is 18.7 Å². The predicted octanol–water partition coefficient (Wildman–Crippen LogP) is 4.53. The molecule has 1 aliphatic rings. The summed E-state index contributed by atoms with van der Waals surface area (Å²) in [5.41, 5.74) is 8.18. The number of hydrogen-bond donors (Lipinski definition) is 2. The fraction of sp³-hybridized carbons (Fsp3) is 0.409. The number of carbonyl (C=O) groups is 1. The van der Waals surface area contributed by atoms with E-state index in [0.717, 1.165) is 23.1 Å². The molecule has 2 heterocycles. The number of methoxy groups -OCH3 is 2. The van der Waals surface area contributed by atoms with Crippen molar-refractivity contribution in [1.29, 1.82) is 0 Å². The SMILES string of the molecule is COc1ccc(OC)c(NC(=O)C(C)Sc2nc(N)c3c4c(sc3n2)CC(C)CC4)c1. The summed E-state index contributed by atoms with van der Waals surface area (Å²) in [5.74, 6) is 2.20. The number of aryl methyl sites for hydroxylation is 1. The Balaban J connectivity index is 1.53. The van der Waals surface area contributed by atoms with Gasteiger partial charge in [-0.15, -0.1) is 11.3 Å². The summed E-state index contributed by atoms with van der Waals surface area (Å²) in [7, 11) is 3.13. The maximum Gasteiger partial charge on any atom is 0.237 e. The first-order valence-corrected chi connectivity index (χ1v) is 11.9. The van der Waals surface area contributed by atoms with E-state index in [1.807, 2.05) is 6.92 Å². The van der Waals surface area contributed by atoms with E-state index in [1.165, 1.54) is 28.6 Å². The van der Waals surface area contributed by atoms with Crippen molar-refractivity contribution in [2.24, 2.45) is 5.92 Å². The Morgan fingerprint density at radius 3 is 2.87 bits per heavy atom. The monoisotopic (exact) mass is 458 g/mol. The molecule has 1 amide bonds. The molecule has 3 N–H and O–H groups in total. The molecule has 2 aromatic heterocycles. The van der Waals surface area contributed by atoms with Crippen LogP contribution in [0.1, 0.15) is 30.7 Å². The molecule has 0 aliphatic heterocycles. The number of nitrogens with one attached hydrogen (secondary N) is 1. The summed E-state index contributed by atoms with van der Waals surface area (Å²) in [6.07, 6.45) is 3.26. The van der Waals surface area contributed by atoms with E-state index in [-0.39, 0.29) is 5.91 Å². The summed E-state index contributed by atoms with van der Waals surface area (Å²) in [5, 5.41) is 3.98. The molecule has 0 radical (unpaired) electrons. The lowest BCUT2D eigenvalue weighted by Gasteiger charge is -2.17. The number of ether oxygens (including phenoxy) is 2. The first kappa shape index (κ1) is 21.7. The average molecular weight is 459 g/mol. The molecule has 9 heteroatoms. The lowest BCUT2D eigenvalue weighted by Crippen LogP contribution is -2.23. The number of rotatable bonds is 6. The number of carbonyl (C=O) groups excluding carboxylic acids is 1. The van der Waals surface area contributed by atoms with Gasteiger partial charge in [-0.2, -0.15) is 0 Å². The van der Waals surface area contributed by atoms with Crippen LogP contribution >= 0.6 is 23.1 Å². The Morgan fingerprint density at radius 1 is 1.32 bits per heavy atom. The van der Waals surface area contributed by atoms with Crippen LogP contribution < -0.4 is 20.5 Å². The number of hydrogen-bond acceptors (Lipinski definition) is 8. The number of benzene rings is 1. The number of thiophene rings is 1. The molecule has 0 saturated carbocycles. The highest BCUT2D eigenvalue weighted by atomic mass is 32.2. The van der Waals surface area contributed by atoms with Crippen molar-refractivity contribution >= 4 is 50.7 Å². The Kier molecular flexibility index (Phi) is 6.24. The van der Waals surface area contributed by atoms with Crippen molar-refractivity contribution in [2.75, 3.05) is 25.3 Å². The molecule has 0 bridgehead atoms. The van der Waals surface area contributed by atoms with Crippen LogP contribution in [-0.2, 0) is 17.6 Å². The van der Waals surface area contributed by atoms with Gasteiger partial charge in [-0.25, -0.2) is 9.97 Å². The van der Waals surface area contributed by atoms with Gasteiger partial charge in [0.05, 0.1) is 30.5 Å². The number of fused-ring (bicyclic) bond motifs is 3. The zero-order valence-corrected chi connectivity index (χ0v) is 19.7. The van der Waals surface area contributed by atoms with Gasteiger partial charge < -0.3 is 20.5 Å². The maximum atomic E-state index is 12.8. The van der Waals surface area contributed by atoms with Gasteiger partial charge in [0.25, 0.3) is 0 Å². The molecule has 2 atom stereocenters. The molecule has 164 valence electrons. The van der Waals surface area contributed by atoms with E-state index < -0.39 is 5.25 Å². The van der Waals surface area contributed by atoms with Gasteiger partial charge in [-0.05, 0) is 49.8 Å². The molecule has 0 spiro atoms. The third-order valence-corrected chi connectivity index (χ3v) is 7.59. The Hall–Kier alpha value is -2.52. The molecular formula is C22H26N4O3S2. The van der Waals surface area contributed by atoms with Crippen LogP contribution in [0, 0.1) is 5.92 Å². The molecule has 1 aliphatic carbocycles. The Labute approximate surface area is 189 Å². The van der Waals surface area contributed by atoms with E-state index >= 15 is 0 Å². The topological polar surface area (TPSA) is 99.4 Å². The fourth-order valence-electron chi connectivity index (χ4n) is 3.76. The number of thioether (sulfide) groups is 1. The molecule has 31 heavy (non-hydrogen) atoms. The number of amides is 1. The van der Waals surface area contributed by atoms with Crippen molar-refractivity contribution in [3.8, 4) is 11.5 Å². The van der Waals surface area contributed by atoms with Gasteiger partial charge in [-0.3, -0.25) is 4.79 Å². The van der Waals surface area contributed by atoms with Crippen molar-refractivity contribution in [1.82, 2.24) is 9.97 Å². The van der Waals surface area contributed by atoms with Gasteiger partial charge >= 0.3 is 0 Å². The van der Waals surface area contributed by atoms with E-state index in [1.54, 1.807) is 43.8 Å². The van der Waals surface area contributed by atoms with Crippen molar-refractivity contribution in [2.45, 2.75) is 43.5 Å². The van der Waals surface area contributed by atoms with Crippen LogP contribution in [0.4, 0.5) is 11.5 Å². The highest BCUT2D eigenvalue weighted by molar-refractivity contribution is 8.00. The summed E-state index contributed by atoms with van der Waals surface area (Å²) in [4.78, 5) is 24.3. The quantitative estimate of drug-likeness (QED) is 0.413. The Morgan fingerprint density at radius 2 is 2.13 bits per heavy atom. The van der Waals surface area contributed by atoms with E-state index in [9.17, 15) is 4.79 Å². The number of anilines is 2. The molecule has 7 nitrogen and oxygen atoms in total. The normalized spacial score (nSPS) is 16.6. The minimum Gasteiger partial charge on any atom is -0.497 e. The second-order valence-electron chi connectivity index (χ2n) is 7.74. The fourth-order valence-corrected chi connectivity index (χ4v) is 5.99. The van der Waals surface area contributed by atoms with Crippen LogP contribution in [0.3, 0.4) is 0 Å². The van der Waals surface area contributed by atoms with E-state index in [2.05, 4.69) is 17.2 Å². The number of nitrogens with two attached hydrogens (primary N) is 1. The van der Waals surface area contributed by atoms with Crippen LogP contribution in [0.25, 0.3) is 10.2 Å². The number of nitrogen functional groups attached to an aromatic ring is 1. The second kappa shape index (κ2) is 8.92. The highest BCUT2D eigenvalue weighted by Crippen LogP contribution is 2.40. The highest BCUT2D eigenvalue weighted by Gasteiger charge is 2.24. The number of aromatic nitrogens is 2. The first-order chi connectivity index (χ1) is 14.9. The number of nitrogens with zero attached hydrogens (tertiary/aromatic N) is 2. The second-order valence-corrected chi connectivity index (χ2v) is 10.1. The smallest absolute Gasteiger partial charge is 0.237 e. The van der Waals surface area contributed by atoms with Gasteiger partial charge in [0.2, 0.25) is 5.91 Å².